The summed E-state index contributed by atoms with van der Waals surface area (Å²) in [4.78, 5) is 10.8. The number of rotatable bonds is 5. The first-order chi connectivity index (χ1) is 9.99. The minimum Gasteiger partial charge on any atom is -0.487 e. The second-order valence-electron chi connectivity index (χ2n) is 4.66. The van der Waals surface area contributed by atoms with E-state index < -0.39 is 12.1 Å². The summed E-state index contributed by atoms with van der Waals surface area (Å²) in [7, 11) is 0. The fraction of sp³-hybridized carbons (Fsp3) is 0.188. The van der Waals surface area contributed by atoms with Gasteiger partial charge >= 0.3 is 5.97 Å². The van der Waals surface area contributed by atoms with E-state index in [-0.39, 0.29) is 0 Å². The summed E-state index contributed by atoms with van der Waals surface area (Å²) in [5, 5.41) is 18.4. The maximum absolute atomic E-state index is 10.8. The van der Waals surface area contributed by atoms with E-state index >= 15 is 0 Å². The molecule has 0 radical (unpaired) electrons. The lowest BCUT2D eigenvalue weighted by molar-refractivity contribution is -0.146. The number of ether oxygens (including phenoxy) is 1. The highest BCUT2D eigenvalue weighted by Gasteiger charge is 2.18. The van der Waals surface area contributed by atoms with Gasteiger partial charge in [0.15, 0.2) is 6.10 Å². The highest BCUT2D eigenvalue weighted by atomic mass is 79.9. The monoisotopic (exact) mass is 350 g/mol. The Morgan fingerprint density at radius 1 is 1.29 bits per heavy atom. The van der Waals surface area contributed by atoms with Crippen molar-refractivity contribution in [1.82, 2.24) is 0 Å². The van der Waals surface area contributed by atoms with Crippen molar-refractivity contribution < 1.29 is 19.7 Å². The lowest BCUT2D eigenvalue weighted by Gasteiger charge is -2.14. The molecule has 0 aliphatic heterocycles. The molecule has 0 saturated carbocycles. The van der Waals surface area contributed by atoms with Crippen LogP contribution in [0.2, 0.25) is 0 Å². The first kappa shape index (κ1) is 15.5. The molecule has 0 saturated heterocycles. The normalized spacial score (nSPS) is 12.0. The molecular weight excluding hydrogens is 336 g/mol. The van der Waals surface area contributed by atoms with Crippen LogP contribution in [0.4, 0.5) is 0 Å². The van der Waals surface area contributed by atoms with Gasteiger partial charge in [0.25, 0.3) is 0 Å². The summed E-state index contributed by atoms with van der Waals surface area (Å²) in [6.45, 7) is 2.23. The molecule has 0 amide bonds. The number of hydrogen-bond donors (Lipinski definition) is 2. The van der Waals surface area contributed by atoms with Crippen LogP contribution in [0.3, 0.4) is 0 Å². The number of halogens is 1. The highest BCUT2D eigenvalue weighted by Crippen LogP contribution is 2.33. The van der Waals surface area contributed by atoms with Crippen molar-refractivity contribution in [1.29, 1.82) is 0 Å². The molecule has 4 nitrogen and oxygen atoms in total. The second-order valence-corrected chi connectivity index (χ2v) is 5.52. The topological polar surface area (TPSA) is 66.8 Å². The molecule has 1 atom stereocenters. The van der Waals surface area contributed by atoms with Crippen LogP contribution in [-0.2, 0) is 11.4 Å². The van der Waals surface area contributed by atoms with E-state index in [4.69, 9.17) is 9.84 Å². The van der Waals surface area contributed by atoms with Crippen molar-refractivity contribution in [3.63, 3.8) is 0 Å². The molecule has 110 valence electrons. The van der Waals surface area contributed by atoms with E-state index in [1.807, 2.05) is 37.3 Å². The van der Waals surface area contributed by atoms with Crippen LogP contribution in [0, 0.1) is 6.92 Å². The van der Waals surface area contributed by atoms with E-state index in [9.17, 15) is 9.90 Å². The average molecular weight is 351 g/mol. The van der Waals surface area contributed by atoms with Crippen LogP contribution in [0.15, 0.2) is 46.9 Å². The molecule has 21 heavy (non-hydrogen) atoms. The summed E-state index contributed by atoms with van der Waals surface area (Å²) < 4.78 is 6.39. The Bertz CT molecular complexity index is 617. The third-order valence-electron chi connectivity index (χ3n) is 3.03. The fourth-order valence-corrected chi connectivity index (χ4v) is 2.66. The van der Waals surface area contributed by atoms with Gasteiger partial charge in [-0.3, -0.25) is 0 Å². The molecule has 2 N–H and O–H groups in total. The van der Waals surface area contributed by atoms with Gasteiger partial charge in [-0.05, 0) is 51.7 Å². The van der Waals surface area contributed by atoms with Crippen LogP contribution < -0.4 is 4.74 Å². The molecular formula is C16H15BrO4. The molecule has 2 aromatic rings. The number of aliphatic carboxylic acids is 1. The van der Waals surface area contributed by atoms with Crippen LogP contribution in [-0.4, -0.2) is 16.2 Å². The lowest BCUT2D eigenvalue weighted by Crippen LogP contribution is -2.11. The number of aryl methyl sites for hydroxylation is 1. The summed E-state index contributed by atoms with van der Waals surface area (Å²) in [6, 6.07) is 12.9. The van der Waals surface area contributed by atoms with Crippen molar-refractivity contribution in [2.75, 3.05) is 0 Å². The van der Waals surface area contributed by atoms with Gasteiger partial charge in [0.05, 0.1) is 4.47 Å². The number of hydrogen-bond acceptors (Lipinski definition) is 3. The third-order valence-corrected chi connectivity index (χ3v) is 3.62. The quantitative estimate of drug-likeness (QED) is 0.866. The largest absolute Gasteiger partial charge is 0.487 e. The molecule has 1 unspecified atom stereocenters. The van der Waals surface area contributed by atoms with Crippen molar-refractivity contribution in [3.8, 4) is 5.75 Å². The molecule has 0 spiro atoms. The maximum atomic E-state index is 10.8. The van der Waals surface area contributed by atoms with Gasteiger partial charge in [-0.15, -0.1) is 0 Å². The van der Waals surface area contributed by atoms with Crippen molar-refractivity contribution >= 4 is 21.9 Å². The number of benzene rings is 2. The van der Waals surface area contributed by atoms with Crippen molar-refractivity contribution in [3.05, 3.63) is 63.6 Å². The zero-order valence-corrected chi connectivity index (χ0v) is 13.0. The molecule has 0 aromatic heterocycles. The maximum Gasteiger partial charge on any atom is 0.337 e. The summed E-state index contributed by atoms with van der Waals surface area (Å²) >= 11 is 3.36. The number of aliphatic hydroxyl groups excluding tert-OH is 1. The molecule has 0 aliphatic rings. The molecule has 0 bridgehead atoms. The number of carbonyl (C=O) groups is 1. The molecule has 0 aliphatic carbocycles. The van der Waals surface area contributed by atoms with E-state index in [1.165, 1.54) is 0 Å². The van der Waals surface area contributed by atoms with Crippen molar-refractivity contribution in [2.45, 2.75) is 19.6 Å². The Morgan fingerprint density at radius 3 is 2.52 bits per heavy atom. The van der Waals surface area contributed by atoms with Crippen molar-refractivity contribution in [2.24, 2.45) is 0 Å². The fourth-order valence-electron chi connectivity index (χ4n) is 1.97. The standard InChI is InChI=1S/C16H15BrO4/c1-10-7-12(14(18)16(19)20)8-13(17)15(10)21-9-11-5-3-2-4-6-11/h2-8,14,18H,9H2,1H3,(H,19,20). The predicted octanol–water partition coefficient (Wildman–Crippen LogP) is 3.45. The van der Waals surface area contributed by atoms with Crippen LogP contribution >= 0.6 is 15.9 Å². The SMILES string of the molecule is Cc1cc(C(O)C(=O)O)cc(Br)c1OCc1ccccc1. The Hall–Kier alpha value is -1.85. The first-order valence-electron chi connectivity index (χ1n) is 6.36. The van der Waals surface area contributed by atoms with Gasteiger partial charge in [-0.2, -0.15) is 0 Å². The molecule has 0 fully saturated rings. The molecule has 2 rings (SSSR count). The minimum absolute atomic E-state index is 0.318. The Kier molecular flexibility index (Phi) is 4.98. The van der Waals surface area contributed by atoms with E-state index in [1.54, 1.807) is 12.1 Å². The van der Waals surface area contributed by atoms with Gasteiger partial charge in [0.1, 0.15) is 12.4 Å². The van der Waals surface area contributed by atoms with Gasteiger partial charge in [0, 0.05) is 0 Å². The summed E-state index contributed by atoms with van der Waals surface area (Å²) in [6.07, 6.45) is -1.54. The predicted molar refractivity (Wildman–Crippen MR) is 82.2 cm³/mol. The number of carboxylic acid groups (broad SMARTS) is 1. The van der Waals surface area contributed by atoms with Crippen LogP contribution in [0.1, 0.15) is 22.8 Å². The minimum atomic E-state index is -1.54. The highest BCUT2D eigenvalue weighted by molar-refractivity contribution is 9.10. The Labute approximate surface area is 131 Å². The molecule has 2 aromatic carbocycles. The average Bonchev–Trinajstić information content (AvgIpc) is 2.46. The number of carboxylic acids is 1. The van der Waals surface area contributed by atoms with Gasteiger partial charge in [-0.25, -0.2) is 4.79 Å². The van der Waals surface area contributed by atoms with E-state index in [2.05, 4.69) is 15.9 Å². The van der Waals surface area contributed by atoms with Crippen LogP contribution in [0.25, 0.3) is 0 Å². The lowest BCUT2D eigenvalue weighted by atomic mass is 10.1. The van der Waals surface area contributed by atoms with Gasteiger partial charge < -0.3 is 14.9 Å². The smallest absolute Gasteiger partial charge is 0.337 e. The van der Waals surface area contributed by atoms with Gasteiger partial charge in [0.2, 0.25) is 0 Å². The Morgan fingerprint density at radius 2 is 1.95 bits per heavy atom. The van der Waals surface area contributed by atoms with Gasteiger partial charge in [-0.1, -0.05) is 30.3 Å². The number of aliphatic hydroxyl groups is 1. The van der Waals surface area contributed by atoms with E-state index in [0.717, 1.165) is 11.1 Å². The first-order valence-corrected chi connectivity index (χ1v) is 7.16. The Balaban J connectivity index is 2.19. The molecule has 5 heteroatoms. The zero-order valence-electron chi connectivity index (χ0n) is 11.4. The molecule has 0 heterocycles. The zero-order chi connectivity index (χ0) is 15.4. The van der Waals surface area contributed by atoms with Crippen LogP contribution in [0.5, 0.6) is 5.75 Å². The van der Waals surface area contributed by atoms with E-state index in [0.29, 0.717) is 22.4 Å². The summed E-state index contributed by atoms with van der Waals surface area (Å²) in [5.41, 5.74) is 2.12. The second kappa shape index (κ2) is 6.74. The summed E-state index contributed by atoms with van der Waals surface area (Å²) in [5.74, 6) is -0.639. The third kappa shape index (κ3) is 3.83.